The first kappa shape index (κ1) is 14.8. The summed E-state index contributed by atoms with van der Waals surface area (Å²) in [4.78, 5) is 24.5. The molecule has 0 radical (unpaired) electrons. The maximum Gasteiger partial charge on any atom is 0.326 e. The van der Waals surface area contributed by atoms with E-state index in [1.165, 1.54) is 4.90 Å². The van der Waals surface area contributed by atoms with Crippen LogP contribution in [0.4, 0.5) is 4.79 Å². The topological polar surface area (TPSA) is 89.9 Å². The van der Waals surface area contributed by atoms with Crippen LogP contribution in [0.25, 0.3) is 0 Å². The van der Waals surface area contributed by atoms with E-state index in [4.69, 9.17) is 5.11 Å². The summed E-state index contributed by atoms with van der Waals surface area (Å²) in [6.45, 7) is 4.34. The molecule has 0 saturated carbocycles. The molecule has 2 unspecified atom stereocenters. The Morgan fingerprint density at radius 2 is 2.17 bits per heavy atom. The summed E-state index contributed by atoms with van der Waals surface area (Å²) in [5, 5.41) is 20.8. The fourth-order valence-corrected chi connectivity index (χ4v) is 2.32. The highest BCUT2D eigenvalue weighted by Gasteiger charge is 2.35. The molecule has 6 nitrogen and oxygen atoms in total. The summed E-state index contributed by atoms with van der Waals surface area (Å²) in [7, 11) is 0. The largest absolute Gasteiger partial charge is 0.480 e. The molecule has 1 saturated heterocycles. The SMILES string of the molecule is CCC[C@H](NC(=O)N1CCC(C)C1CO)C(=O)O. The van der Waals surface area contributed by atoms with Crippen molar-refractivity contribution in [1.29, 1.82) is 0 Å². The number of amides is 2. The van der Waals surface area contributed by atoms with E-state index >= 15 is 0 Å². The van der Waals surface area contributed by atoms with Crippen LogP contribution in [0.1, 0.15) is 33.1 Å². The summed E-state index contributed by atoms with van der Waals surface area (Å²) in [5.41, 5.74) is 0. The lowest BCUT2D eigenvalue weighted by Gasteiger charge is -2.27. The van der Waals surface area contributed by atoms with E-state index in [1.54, 1.807) is 0 Å². The van der Waals surface area contributed by atoms with Gasteiger partial charge in [-0.25, -0.2) is 9.59 Å². The molecular formula is C12H22N2O4. The third kappa shape index (κ3) is 3.35. The molecule has 1 aliphatic heterocycles. The highest BCUT2D eigenvalue weighted by Crippen LogP contribution is 2.23. The molecule has 0 aliphatic carbocycles. The minimum Gasteiger partial charge on any atom is -0.480 e. The molecule has 6 heteroatoms. The number of aliphatic hydroxyl groups is 1. The minimum absolute atomic E-state index is 0.0832. The lowest BCUT2D eigenvalue weighted by Crippen LogP contribution is -2.50. The lowest BCUT2D eigenvalue weighted by molar-refractivity contribution is -0.139. The van der Waals surface area contributed by atoms with Gasteiger partial charge in [-0.2, -0.15) is 0 Å². The molecule has 104 valence electrons. The number of aliphatic hydroxyl groups excluding tert-OH is 1. The molecule has 0 aromatic carbocycles. The van der Waals surface area contributed by atoms with Gasteiger partial charge < -0.3 is 20.4 Å². The highest BCUT2D eigenvalue weighted by molar-refractivity contribution is 5.82. The van der Waals surface area contributed by atoms with Crippen molar-refractivity contribution in [1.82, 2.24) is 10.2 Å². The van der Waals surface area contributed by atoms with Gasteiger partial charge in [-0.15, -0.1) is 0 Å². The summed E-state index contributed by atoms with van der Waals surface area (Å²) in [5.74, 6) is -0.770. The molecule has 0 spiro atoms. The molecule has 1 rings (SSSR count). The first-order valence-electron chi connectivity index (χ1n) is 6.42. The Kier molecular flexibility index (Phi) is 5.40. The van der Waals surface area contributed by atoms with E-state index in [2.05, 4.69) is 5.32 Å². The van der Waals surface area contributed by atoms with Crippen LogP contribution >= 0.6 is 0 Å². The number of hydrogen-bond acceptors (Lipinski definition) is 3. The summed E-state index contributed by atoms with van der Waals surface area (Å²) in [6, 6.07) is -1.45. The van der Waals surface area contributed by atoms with E-state index < -0.39 is 12.0 Å². The van der Waals surface area contributed by atoms with Gasteiger partial charge in [-0.1, -0.05) is 20.3 Å². The maximum absolute atomic E-state index is 12.0. The molecule has 18 heavy (non-hydrogen) atoms. The zero-order chi connectivity index (χ0) is 13.7. The second kappa shape index (κ2) is 6.58. The molecule has 3 atom stereocenters. The minimum atomic E-state index is -1.02. The Morgan fingerprint density at radius 1 is 1.50 bits per heavy atom. The molecule has 0 bridgehead atoms. The van der Waals surface area contributed by atoms with Gasteiger partial charge in [0.1, 0.15) is 6.04 Å². The number of carbonyl (C=O) groups excluding carboxylic acids is 1. The predicted octanol–water partition coefficient (Wildman–Crippen LogP) is 0.652. The van der Waals surface area contributed by atoms with Gasteiger partial charge in [0.25, 0.3) is 0 Å². The van der Waals surface area contributed by atoms with Crippen molar-refractivity contribution in [3.63, 3.8) is 0 Å². The molecule has 0 aromatic rings. The van der Waals surface area contributed by atoms with Crippen molar-refractivity contribution in [3.05, 3.63) is 0 Å². The van der Waals surface area contributed by atoms with E-state index in [-0.39, 0.29) is 24.6 Å². The second-order valence-electron chi connectivity index (χ2n) is 4.84. The number of urea groups is 1. The number of hydrogen-bond donors (Lipinski definition) is 3. The smallest absolute Gasteiger partial charge is 0.326 e. The fourth-order valence-electron chi connectivity index (χ4n) is 2.32. The standard InChI is InChI=1S/C12H22N2O4/c1-3-4-9(11(16)17)13-12(18)14-6-5-8(2)10(14)7-15/h8-10,15H,3-7H2,1-2H3,(H,13,18)(H,16,17)/t8?,9-,10?/m0/s1. The van der Waals surface area contributed by atoms with Crippen LogP contribution in [0.5, 0.6) is 0 Å². The summed E-state index contributed by atoms with van der Waals surface area (Å²) >= 11 is 0. The van der Waals surface area contributed by atoms with Crippen molar-refractivity contribution in [3.8, 4) is 0 Å². The van der Waals surface area contributed by atoms with Crippen molar-refractivity contribution in [2.45, 2.75) is 45.2 Å². The molecule has 3 N–H and O–H groups in total. The average molecular weight is 258 g/mol. The Balaban J connectivity index is 2.61. The Hall–Kier alpha value is -1.30. The highest BCUT2D eigenvalue weighted by atomic mass is 16.4. The number of carboxylic acid groups (broad SMARTS) is 1. The average Bonchev–Trinajstić information content (AvgIpc) is 2.69. The van der Waals surface area contributed by atoms with Crippen molar-refractivity contribution >= 4 is 12.0 Å². The van der Waals surface area contributed by atoms with Gasteiger partial charge in [-0.05, 0) is 18.8 Å². The monoisotopic (exact) mass is 258 g/mol. The second-order valence-corrected chi connectivity index (χ2v) is 4.84. The number of rotatable bonds is 5. The van der Waals surface area contributed by atoms with E-state index in [0.717, 1.165) is 6.42 Å². The fraction of sp³-hybridized carbons (Fsp3) is 0.833. The van der Waals surface area contributed by atoms with Crippen LogP contribution in [0.3, 0.4) is 0 Å². The van der Waals surface area contributed by atoms with E-state index in [0.29, 0.717) is 19.4 Å². The first-order chi connectivity index (χ1) is 8.51. The quantitative estimate of drug-likeness (QED) is 0.675. The van der Waals surface area contributed by atoms with Gasteiger partial charge in [0, 0.05) is 6.54 Å². The normalized spacial score (nSPS) is 24.9. The molecule has 1 fully saturated rings. The number of nitrogens with zero attached hydrogens (tertiary/aromatic N) is 1. The van der Waals surface area contributed by atoms with Crippen LogP contribution in [-0.2, 0) is 4.79 Å². The molecule has 1 heterocycles. The van der Waals surface area contributed by atoms with Crippen molar-refractivity contribution < 1.29 is 19.8 Å². The summed E-state index contributed by atoms with van der Waals surface area (Å²) in [6.07, 6.45) is 1.94. The Bertz CT molecular complexity index is 308. The first-order valence-corrected chi connectivity index (χ1v) is 6.42. The van der Waals surface area contributed by atoms with Gasteiger partial charge in [0.15, 0.2) is 0 Å². The van der Waals surface area contributed by atoms with Crippen LogP contribution in [-0.4, -0.2) is 52.3 Å². The lowest BCUT2D eigenvalue weighted by atomic mass is 10.0. The van der Waals surface area contributed by atoms with Gasteiger partial charge >= 0.3 is 12.0 Å². The van der Waals surface area contributed by atoms with Crippen LogP contribution in [0.15, 0.2) is 0 Å². The van der Waals surface area contributed by atoms with Gasteiger partial charge in [0.2, 0.25) is 0 Å². The third-order valence-corrected chi connectivity index (χ3v) is 3.50. The van der Waals surface area contributed by atoms with Crippen molar-refractivity contribution in [2.75, 3.05) is 13.2 Å². The van der Waals surface area contributed by atoms with Crippen LogP contribution < -0.4 is 5.32 Å². The van der Waals surface area contributed by atoms with E-state index in [9.17, 15) is 14.7 Å². The summed E-state index contributed by atoms with van der Waals surface area (Å²) < 4.78 is 0. The van der Waals surface area contributed by atoms with Gasteiger partial charge in [-0.3, -0.25) is 0 Å². The zero-order valence-electron chi connectivity index (χ0n) is 10.9. The zero-order valence-corrected chi connectivity index (χ0v) is 10.9. The molecule has 2 amide bonds. The van der Waals surface area contributed by atoms with Crippen LogP contribution in [0, 0.1) is 5.92 Å². The molecule has 0 aromatic heterocycles. The van der Waals surface area contributed by atoms with Gasteiger partial charge in [0.05, 0.1) is 12.6 Å². The maximum atomic E-state index is 12.0. The number of carbonyl (C=O) groups is 2. The Labute approximate surface area is 107 Å². The Morgan fingerprint density at radius 3 is 2.67 bits per heavy atom. The number of likely N-dealkylation sites (tertiary alicyclic amines) is 1. The van der Waals surface area contributed by atoms with Crippen LogP contribution in [0.2, 0.25) is 0 Å². The van der Waals surface area contributed by atoms with Crippen molar-refractivity contribution in [2.24, 2.45) is 5.92 Å². The molecular weight excluding hydrogens is 236 g/mol. The third-order valence-electron chi connectivity index (χ3n) is 3.50. The number of aliphatic carboxylic acids is 1. The van der Waals surface area contributed by atoms with E-state index in [1.807, 2.05) is 13.8 Å². The number of carboxylic acids is 1. The predicted molar refractivity (Wildman–Crippen MR) is 66.2 cm³/mol. The molecule has 1 aliphatic rings. The number of nitrogens with one attached hydrogen (secondary N) is 1.